The van der Waals surface area contributed by atoms with Crippen LogP contribution in [0.25, 0.3) is 10.2 Å². The molecule has 1 aromatic heterocycles. The van der Waals surface area contributed by atoms with Crippen LogP contribution in [0.3, 0.4) is 0 Å². The summed E-state index contributed by atoms with van der Waals surface area (Å²) in [6, 6.07) is 8.16. The van der Waals surface area contributed by atoms with E-state index in [9.17, 15) is 4.79 Å². The molecule has 1 amide bonds. The predicted octanol–water partition coefficient (Wildman–Crippen LogP) is 3.57. The Labute approximate surface area is 149 Å². The van der Waals surface area contributed by atoms with Gasteiger partial charge in [-0.2, -0.15) is 0 Å². The van der Waals surface area contributed by atoms with Crippen molar-refractivity contribution in [2.75, 3.05) is 26.2 Å². The third-order valence-corrected chi connectivity index (χ3v) is 4.71. The van der Waals surface area contributed by atoms with E-state index < -0.39 is 0 Å². The molecule has 1 aromatic carbocycles. The van der Waals surface area contributed by atoms with Gasteiger partial charge in [-0.25, -0.2) is 4.98 Å². The zero-order chi connectivity index (χ0) is 17.5. The molecule has 0 saturated carbocycles. The fourth-order valence-corrected chi connectivity index (χ4v) is 3.80. The summed E-state index contributed by atoms with van der Waals surface area (Å²) < 4.78 is 1.21. The summed E-state index contributed by atoms with van der Waals surface area (Å²) in [4.78, 5) is 19.1. The van der Waals surface area contributed by atoms with Crippen LogP contribution in [0.5, 0.6) is 0 Å². The van der Waals surface area contributed by atoms with Crippen LogP contribution in [0.15, 0.2) is 24.3 Å². The van der Waals surface area contributed by atoms with E-state index in [1.165, 1.54) is 4.70 Å². The molecule has 1 heterocycles. The van der Waals surface area contributed by atoms with E-state index in [0.717, 1.165) is 30.0 Å². The first-order valence-corrected chi connectivity index (χ1v) is 9.59. The van der Waals surface area contributed by atoms with Gasteiger partial charge in [0.1, 0.15) is 0 Å². The normalized spacial score (nSPS) is 11.8. The number of carbonyl (C=O) groups excluding carboxylic acids is 1. The minimum atomic E-state index is 0.109. The zero-order valence-corrected chi connectivity index (χ0v) is 16.0. The van der Waals surface area contributed by atoms with E-state index in [4.69, 9.17) is 0 Å². The summed E-state index contributed by atoms with van der Waals surface area (Å²) in [7, 11) is 0. The molecule has 0 aliphatic carbocycles. The monoisotopic (exact) mass is 347 g/mol. The molecule has 0 radical (unpaired) electrons. The molecule has 0 unspecified atom stereocenters. The number of fused-ring (bicyclic) bond motifs is 1. The molecule has 0 saturated heterocycles. The van der Waals surface area contributed by atoms with Gasteiger partial charge in [0.15, 0.2) is 0 Å². The van der Waals surface area contributed by atoms with E-state index in [1.54, 1.807) is 11.3 Å². The number of hydrogen-bond donors (Lipinski definition) is 1. The number of amides is 1. The number of hydrogen-bond acceptors (Lipinski definition) is 4. The lowest BCUT2D eigenvalue weighted by atomic mass is 10.1. The largest absolute Gasteiger partial charge is 0.355 e. The number of nitrogens with one attached hydrogen (secondary N) is 1. The van der Waals surface area contributed by atoms with E-state index in [2.05, 4.69) is 49.0 Å². The molecule has 132 valence electrons. The van der Waals surface area contributed by atoms with Crippen LogP contribution in [-0.4, -0.2) is 42.0 Å². The quantitative estimate of drug-likeness (QED) is 0.754. The Kier molecular flexibility index (Phi) is 7.18. The van der Waals surface area contributed by atoms with Gasteiger partial charge in [0.2, 0.25) is 5.91 Å². The van der Waals surface area contributed by atoms with Gasteiger partial charge in [-0.05, 0) is 24.0 Å². The minimum Gasteiger partial charge on any atom is -0.355 e. The minimum absolute atomic E-state index is 0.109. The van der Waals surface area contributed by atoms with E-state index in [0.29, 0.717) is 24.9 Å². The standard InChI is InChI=1S/C19H29N3OS/c1-14(2)11-22(12-15(3)4)13-18(23)20-10-9-19-21-16-7-5-6-8-17(16)24-19/h5-8,14-15H,9-13H2,1-4H3,(H,20,23). The van der Waals surface area contributed by atoms with Gasteiger partial charge in [-0.3, -0.25) is 9.69 Å². The third-order valence-electron chi connectivity index (χ3n) is 3.61. The van der Waals surface area contributed by atoms with Crippen molar-refractivity contribution >= 4 is 27.5 Å². The molecule has 5 heteroatoms. The van der Waals surface area contributed by atoms with Crippen molar-refractivity contribution in [1.82, 2.24) is 15.2 Å². The molecule has 0 aliphatic heterocycles. The number of rotatable bonds is 9. The van der Waals surface area contributed by atoms with Gasteiger partial charge in [0.05, 0.1) is 21.8 Å². The molecule has 0 aliphatic rings. The van der Waals surface area contributed by atoms with Crippen molar-refractivity contribution in [2.24, 2.45) is 11.8 Å². The predicted molar refractivity (Wildman–Crippen MR) is 102 cm³/mol. The van der Waals surface area contributed by atoms with Gasteiger partial charge >= 0.3 is 0 Å². The highest BCUT2D eigenvalue weighted by molar-refractivity contribution is 7.18. The van der Waals surface area contributed by atoms with Crippen molar-refractivity contribution in [3.05, 3.63) is 29.3 Å². The maximum Gasteiger partial charge on any atom is 0.234 e. The average molecular weight is 348 g/mol. The van der Waals surface area contributed by atoms with E-state index in [1.807, 2.05) is 18.2 Å². The first-order valence-electron chi connectivity index (χ1n) is 8.77. The summed E-state index contributed by atoms with van der Waals surface area (Å²) in [5.41, 5.74) is 1.05. The molecule has 0 fully saturated rings. The van der Waals surface area contributed by atoms with E-state index in [-0.39, 0.29) is 5.91 Å². The van der Waals surface area contributed by atoms with Crippen molar-refractivity contribution in [2.45, 2.75) is 34.1 Å². The Morgan fingerprint density at radius 2 is 1.83 bits per heavy atom. The number of carbonyl (C=O) groups is 1. The maximum absolute atomic E-state index is 12.2. The Balaban J connectivity index is 1.78. The van der Waals surface area contributed by atoms with Crippen molar-refractivity contribution < 1.29 is 4.79 Å². The van der Waals surface area contributed by atoms with Gasteiger partial charge in [0.25, 0.3) is 0 Å². The number of benzene rings is 1. The second-order valence-corrected chi connectivity index (χ2v) is 8.27. The van der Waals surface area contributed by atoms with E-state index >= 15 is 0 Å². The Bertz CT molecular complexity index is 608. The fraction of sp³-hybridized carbons (Fsp3) is 0.579. The van der Waals surface area contributed by atoms with Crippen LogP contribution in [-0.2, 0) is 11.2 Å². The van der Waals surface area contributed by atoms with Crippen LogP contribution in [0.1, 0.15) is 32.7 Å². The topological polar surface area (TPSA) is 45.2 Å². The number of thiazole rings is 1. The molecule has 0 bridgehead atoms. The first-order chi connectivity index (χ1) is 11.4. The van der Waals surface area contributed by atoms with Gasteiger partial charge in [-0.1, -0.05) is 39.8 Å². The van der Waals surface area contributed by atoms with Gasteiger partial charge in [-0.15, -0.1) is 11.3 Å². The number of aromatic nitrogens is 1. The molecule has 0 spiro atoms. The number of nitrogens with zero attached hydrogens (tertiary/aromatic N) is 2. The second kappa shape index (κ2) is 9.14. The lowest BCUT2D eigenvalue weighted by Gasteiger charge is -2.25. The summed E-state index contributed by atoms with van der Waals surface area (Å²) in [6.07, 6.45) is 0.791. The molecule has 2 rings (SSSR count). The van der Waals surface area contributed by atoms with Crippen molar-refractivity contribution in [1.29, 1.82) is 0 Å². The molecule has 24 heavy (non-hydrogen) atoms. The molecule has 1 N–H and O–H groups in total. The number of para-hydroxylation sites is 1. The molecule has 0 atom stereocenters. The van der Waals surface area contributed by atoms with Gasteiger partial charge in [0, 0.05) is 26.1 Å². The average Bonchev–Trinajstić information content (AvgIpc) is 2.88. The summed E-state index contributed by atoms with van der Waals surface area (Å²) in [5, 5.41) is 4.12. The molecular formula is C19H29N3OS. The Morgan fingerprint density at radius 3 is 2.46 bits per heavy atom. The van der Waals surface area contributed by atoms with Crippen molar-refractivity contribution in [3.63, 3.8) is 0 Å². The van der Waals surface area contributed by atoms with Crippen LogP contribution >= 0.6 is 11.3 Å². The highest BCUT2D eigenvalue weighted by Crippen LogP contribution is 2.21. The van der Waals surface area contributed by atoms with Crippen LogP contribution in [0.2, 0.25) is 0 Å². The van der Waals surface area contributed by atoms with Crippen LogP contribution in [0, 0.1) is 11.8 Å². The summed E-state index contributed by atoms with van der Waals surface area (Å²) in [5.74, 6) is 1.25. The zero-order valence-electron chi connectivity index (χ0n) is 15.2. The smallest absolute Gasteiger partial charge is 0.234 e. The lowest BCUT2D eigenvalue weighted by Crippen LogP contribution is -2.41. The molecule has 2 aromatic rings. The van der Waals surface area contributed by atoms with Crippen LogP contribution < -0.4 is 5.32 Å². The van der Waals surface area contributed by atoms with Crippen molar-refractivity contribution in [3.8, 4) is 0 Å². The summed E-state index contributed by atoms with van der Waals surface area (Å²) in [6.45, 7) is 11.8. The van der Waals surface area contributed by atoms with Crippen LogP contribution in [0.4, 0.5) is 0 Å². The SMILES string of the molecule is CC(C)CN(CC(=O)NCCc1nc2ccccc2s1)CC(C)C. The molecule has 4 nitrogen and oxygen atoms in total. The fourth-order valence-electron chi connectivity index (χ4n) is 2.83. The molecular weight excluding hydrogens is 318 g/mol. The second-order valence-electron chi connectivity index (χ2n) is 7.16. The summed E-state index contributed by atoms with van der Waals surface area (Å²) >= 11 is 1.71. The third kappa shape index (κ3) is 6.21. The first kappa shape index (κ1) is 18.9. The highest BCUT2D eigenvalue weighted by atomic mass is 32.1. The maximum atomic E-state index is 12.2. The lowest BCUT2D eigenvalue weighted by molar-refractivity contribution is -0.122. The Hall–Kier alpha value is -1.46. The van der Waals surface area contributed by atoms with Gasteiger partial charge < -0.3 is 5.32 Å². The Morgan fingerprint density at radius 1 is 1.17 bits per heavy atom. The highest BCUT2D eigenvalue weighted by Gasteiger charge is 2.13.